The van der Waals surface area contributed by atoms with E-state index in [1.807, 2.05) is 42.5 Å². The third kappa shape index (κ3) is 6.04. The molecular formula is C29H32N6O4. The number of ether oxygens (including phenoxy) is 2. The first-order chi connectivity index (χ1) is 18.9. The molecule has 2 aromatic heterocycles. The lowest BCUT2D eigenvalue weighted by molar-refractivity contribution is 0.0893. The fourth-order valence-corrected chi connectivity index (χ4v) is 4.84. The number of anilines is 1. The van der Waals surface area contributed by atoms with E-state index in [2.05, 4.69) is 26.0 Å². The van der Waals surface area contributed by atoms with Crippen molar-refractivity contribution in [2.24, 2.45) is 0 Å². The second kappa shape index (κ2) is 11.6. The van der Waals surface area contributed by atoms with Gasteiger partial charge in [-0.2, -0.15) is 10.4 Å². The molecule has 1 fully saturated rings. The largest absolute Gasteiger partial charge is 0.491 e. The van der Waals surface area contributed by atoms with Gasteiger partial charge in [-0.05, 0) is 62.9 Å². The zero-order valence-corrected chi connectivity index (χ0v) is 22.1. The van der Waals surface area contributed by atoms with Gasteiger partial charge in [-0.3, -0.25) is 10.00 Å². The summed E-state index contributed by atoms with van der Waals surface area (Å²) in [6, 6.07) is 16.1. The molecule has 39 heavy (non-hydrogen) atoms. The van der Waals surface area contributed by atoms with Crippen LogP contribution in [0.4, 0.5) is 10.5 Å². The lowest BCUT2D eigenvalue weighted by Gasteiger charge is -2.30. The Hall–Kier alpha value is -4.36. The van der Waals surface area contributed by atoms with Crippen LogP contribution in [0.25, 0.3) is 10.9 Å². The summed E-state index contributed by atoms with van der Waals surface area (Å²) in [5.74, 6) is 0.637. The molecular weight excluding hydrogens is 496 g/mol. The molecule has 1 atom stereocenters. The predicted molar refractivity (Wildman–Crippen MR) is 146 cm³/mol. The Morgan fingerprint density at radius 1 is 1.23 bits per heavy atom. The molecule has 1 aliphatic carbocycles. The average molecular weight is 529 g/mol. The third-order valence-electron chi connectivity index (χ3n) is 6.85. The highest BCUT2D eigenvalue weighted by Crippen LogP contribution is 2.40. The maximum Gasteiger partial charge on any atom is 0.411 e. The van der Waals surface area contributed by atoms with Crippen LogP contribution < -0.4 is 10.1 Å². The number of amides is 1. The van der Waals surface area contributed by atoms with Crippen LogP contribution >= 0.6 is 0 Å². The van der Waals surface area contributed by atoms with E-state index in [1.54, 1.807) is 24.9 Å². The van der Waals surface area contributed by atoms with Crippen molar-refractivity contribution in [1.29, 1.82) is 5.26 Å². The predicted octanol–water partition coefficient (Wildman–Crippen LogP) is 4.82. The smallest absolute Gasteiger partial charge is 0.411 e. The number of benzene rings is 2. The molecule has 2 N–H and O–H groups in total. The number of aliphatic hydroxyl groups excluding tert-OH is 1. The van der Waals surface area contributed by atoms with Crippen molar-refractivity contribution in [2.75, 3.05) is 11.9 Å². The molecule has 0 aliphatic heterocycles. The van der Waals surface area contributed by atoms with Crippen molar-refractivity contribution < 1.29 is 19.4 Å². The normalized spacial score (nSPS) is 14.1. The van der Waals surface area contributed by atoms with Gasteiger partial charge in [-0.25, -0.2) is 9.78 Å². The number of carbonyl (C=O) groups is 1. The van der Waals surface area contributed by atoms with Crippen LogP contribution in [0, 0.1) is 11.3 Å². The third-order valence-corrected chi connectivity index (χ3v) is 6.85. The van der Waals surface area contributed by atoms with Crippen molar-refractivity contribution in [2.45, 2.75) is 64.3 Å². The van der Waals surface area contributed by atoms with Crippen molar-refractivity contribution in [3.05, 3.63) is 71.9 Å². The Morgan fingerprint density at radius 2 is 2.03 bits per heavy atom. The number of rotatable bonds is 10. The molecule has 5 rings (SSSR count). The number of nitrogens with one attached hydrogen (secondary N) is 1. The summed E-state index contributed by atoms with van der Waals surface area (Å²) in [4.78, 5) is 15.8. The standard InChI is InChI=1S/C29H32N6O4/c1-19(2)39-29(37)33-21-8-6-20(7-9-21)12-27-26(14-30)25-11-10-24(13-28(25)35(27)22-4-3-5-22)38-16-23(36)15-34-18-31-17-32-34/h6-11,13,17-19,22-23,36H,3-5,12,15-16H2,1-2H3,(H,33,37). The fraction of sp³-hybridized carbons (Fsp3) is 0.379. The highest BCUT2D eigenvalue weighted by molar-refractivity contribution is 5.89. The molecule has 0 radical (unpaired) electrons. The first-order valence-corrected chi connectivity index (χ1v) is 13.2. The van der Waals surface area contributed by atoms with Crippen LogP contribution in [0.15, 0.2) is 55.1 Å². The fourth-order valence-electron chi connectivity index (χ4n) is 4.84. The summed E-state index contributed by atoms with van der Waals surface area (Å²) in [5.41, 5.74) is 4.28. The lowest BCUT2D eigenvalue weighted by atomic mass is 9.92. The van der Waals surface area contributed by atoms with E-state index in [-0.39, 0.29) is 19.3 Å². The van der Waals surface area contributed by atoms with Crippen LogP contribution in [-0.2, 0) is 17.7 Å². The van der Waals surface area contributed by atoms with Gasteiger partial charge >= 0.3 is 6.09 Å². The molecule has 202 valence electrons. The minimum atomic E-state index is -0.740. The van der Waals surface area contributed by atoms with E-state index in [1.165, 1.54) is 6.33 Å². The van der Waals surface area contributed by atoms with E-state index in [0.717, 1.165) is 41.4 Å². The number of carbonyl (C=O) groups excluding carboxylic acids is 1. The first-order valence-electron chi connectivity index (χ1n) is 13.2. The maximum absolute atomic E-state index is 11.9. The van der Waals surface area contributed by atoms with E-state index in [4.69, 9.17) is 9.47 Å². The van der Waals surface area contributed by atoms with Gasteiger partial charge < -0.3 is 19.1 Å². The zero-order chi connectivity index (χ0) is 27.4. The summed E-state index contributed by atoms with van der Waals surface area (Å²) < 4.78 is 14.9. The molecule has 2 aromatic carbocycles. The molecule has 1 saturated carbocycles. The molecule has 10 heteroatoms. The lowest BCUT2D eigenvalue weighted by Crippen LogP contribution is -2.23. The van der Waals surface area contributed by atoms with Crippen molar-refractivity contribution in [1.82, 2.24) is 19.3 Å². The van der Waals surface area contributed by atoms with Gasteiger partial charge in [0.15, 0.2) is 0 Å². The molecule has 0 saturated heterocycles. The Morgan fingerprint density at radius 3 is 2.67 bits per heavy atom. The summed E-state index contributed by atoms with van der Waals surface area (Å²) in [7, 11) is 0. The molecule has 10 nitrogen and oxygen atoms in total. The molecule has 1 aliphatic rings. The number of aromatic nitrogens is 4. The van der Waals surface area contributed by atoms with Gasteiger partial charge in [0.25, 0.3) is 0 Å². The number of fused-ring (bicyclic) bond motifs is 1. The summed E-state index contributed by atoms with van der Waals surface area (Å²) in [6.07, 6.45) is 5.41. The monoisotopic (exact) mass is 528 g/mol. The van der Waals surface area contributed by atoms with Gasteiger partial charge in [0, 0.05) is 35.3 Å². The average Bonchev–Trinajstić information content (AvgIpc) is 3.48. The van der Waals surface area contributed by atoms with Gasteiger partial charge in [-0.1, -0.05) is 12.1 Å². The van der Waals surface area contributed by atoms with Gasteiger partial charge in [0.2, 0.25) is 0 Å². The summed E-state index contributed by atoms with van der Waals surface area (Å²) in [6.45, 7) is 4.00. The van der Waals surface area contributed by atoms with Gasteiger partial charge in [0.05, 0.1) is 23.7 Å². The van der Waals surface area contributed by atoms with Gasteiger partial charge in [-0.15, -0.1) is 0 Å². The number of hydrogen-bond acceptors (Lipinski definition) is 7. The Labute approximate surface area is 226 Å². The zero-order valence-electron chi connectivity index (χ0n) is 22.1. The highest BCUT2D eigenvalue weighted by Gasteiger charge is 2.27. The topological polar surface area (TPSA) is 127 Å². The van der Waals surface area contributed by atoms with E-state index >= 15 is 0 Å². The van der Waals surface area contributed by atoms with Crippen molar-refractivity contribution in [3.8, 4) is 11.8 Å². The van der Waals surface area contributed by atoms with Crippen molar-refractivity contribution >= 4 is 22.7 Å². The van der Waals surface area contributed by atoms with E-state index in [0.29, 0.717) is 29.5 Å². The molecule has 1 amide bonds. The molecule has 0 bridgehead atoms. The number of hydrogen-bond donors (Lipinski definition) is 2. The Bertz CT molecular complexity index is 1470. The van der Waals surface area contributed by atoms with Crippen LogP contribution in [0.3, 0.4) is 0 Å². The van der Waals surface area contributed by atoms with Crippen LogP contribution in [0.5, 0.6) is 5.75 Å². The van der Waals surface area contributed by atoms with Crippen LogP contribution in [0.2, 0.25) is 0 Å². The molecule has 2 heterocycles. The minimum Gasteiger partial charge on any atom is -0.491 e. The summed E-state index contributed by atoms with van der Waals surface area (Å²) in [5, 5.41) is 28.2. The van der Waals surface area contributed by atoms with Crippen molar-refractivity contribution in [3.63, 3.8) is 0 Å². The van der Waals surface area contributed by atoms with Crippen LogP contribution in [0.1, 0.15) is 56.0 Å². The molecule has 0 spiro atoms. The molecule has 4 aromatic rings. The maximum atomic E-state index is 11.9. The SMILES string of the molecule is CC(C)OC(=O)Nc1ccc(Cc2c(C#N)c3ccc(OCC(O)Cn4cncn4)cc3n2C2CCC2)cc1. The molecule has 1 unspecified atom stereocenters. The van der Waals surface area contributed by atoms with E-state index < -0.39 is 12.2 Å². The summed E-state index contributed by atoms with van der Waals surface area (Å²) >= 11 is 0. The quantitative estimate of drug-likeness (QED) is 0.302. The Balaban J connectivity index is 1.38. The number of nitriles is 1. The van der Waals surface area contributed by atoms with E-state index in [9.17, 15) is 15.2 Å². The van der Waals surface area contributed by atoms with Crippen LogP contribution in [-0.4, -0.2) is 49.3 Å². The minimum absolute atomic E-state index is 0.110. The second-order valence-electron chi connectivity index (χ2n) is 10.1. The highest BCUT2D eigenvalue weighted by atomic mass is 16.6. The van der Waals surface area contributed by atoms with Gasteiger partial charge in [0.1, 0.15) is 37.2 Å². The number of nitrogens with zero attached hydrogens (tertiary/aromatic N) is 5. The Kier molecular flexibility index (Phi) is 7.79. The first kappa shape index (κ1) is 26.3. The number of aliphatic hydroxyl groups is 1. The second-order valence-corrected chi connectivity index (χ2v) is 10.1.